The van der Waals surface area contributed by atoms with Crippen LogP contribution in [0.5, 0.6) is 0 Å². The molecule has 0 aromatic heterocycles. The van der Waals surface area contributed by atoms with Gasteiger partial charge in [0.1, 0.15) is 6.04 Å². The molecule has 2 atom stereocenters. The summed E-state index contributed by atoms with van der Waals surface area (Å²) in [7, 11) is 1.31. The van der Waals surface area contributed by atoms with Crippen LogP contribution in [0.2, 0.25) is 5.02 Å². The molecule has 3 rings (SSSR count). The Hall–Kier alpha value is -2.90. The summed E-state index contributed by atoms with van der Waals surface area (Å²) in [5.74, 6) is -1.26. The summed E-state index contributed by atoms with van der Waals surface area (Å²) < 4.78 is 4.91. The lowest BCUT2D eigenvalue weighted by Crippen LogP contribution is -2.60. The van der Waals surface area contributed by atoms with Gasteiger partial charge in [-0.15, -0.1) is 0 Å². The largest absolute Gasteiger partial charge is 0.465 e. The van der Waals surface area contributed by atoms with E-state index in [2.05, 4.69) is 5.32 Å². The highest BCUT2D eigenvalue weighted by atomic mass is 35.5. The first-order valence-corrected chi connectivity index (χ1v) is 13.4. The molecule has 1 fully saturated rings. The first kappa shape index (κ1) is 29.7. The highest BCUT2D eigenvalue weighted by Crippen LogP contribution is 2.46. The van der Waals surface area contributed by atoms with Gasteiger partial charge in [0.15, 0.2) is 0 Å². The number of methoxy groups -OCH3 is 1. The number of aliphatic hydroxyl groups is 1. The summed E-state index contributed by atoms with van der Waals surface area (Å²) in [6, 6.07) is 11.3. The fourth-order valence-corrected chi connectivity index (χ4v) is 5.32. The monoisotopic (exact) mass is 542 g/mol. The van der Waals surface area contributed by atoms with E-state index < -0.39 is 28.9 Å². The average molecular weight is 543 g/mol. The minimum absolute atomic E-state index is 0.0696. The highest BCUT2D eigenvalue weighted by molar-refractivity contribution is 6.30. The first-order valence-electron chi connectivity index (χ1n) is 13.0. The fourth-order valence-electron chi connectivity index (χ4n) is 5.19. The predicted molar refractivity (Wildman–Crippen MR) is 148 cm³/mol. The third kappa shape index (κ3) is 5.89. The Bertz CT molecular complexity index is 1190. The van der Waals surface area contributed by atoms with E-state index in [-0.39, 0.29) is 23.3 Å². The normalized spacial score (nSPS) is 19.8. The van der Waals surface area contributed by atoms with Crippen LogP contribution in [0.1, 0.15) is 85.7 Å². The number of rotatable bonds is 7. The van der Waals surface area contributed by atoms with Crippen LogP contribution in [-0.2, 0) is 15.1 Å². The molecular formula is C30H39ClN2O5. The van der Waals surface area contributed by atoms with Crippen molar-refractivity contribution in [1.29, 1.82) is 0 Å². The minimum atomic E-state index is -1.13. The van der Waals surface area contributed by atoms with Crippen LogP contribution in [0.3, 0.4) is 0 Å². The lowest BCUT2D eigenvalue weighted by molar-refractivity contribution is -0.155. The molecule has 38 heavy (non-hydrogen) atoms. The molecule has 0 spiro atoms. The molecular weight excluding hydrogens is 504 g/mol. The van der Waals surface area contributed by atoms with Gasteiger partial charge in [-0.05, 0) is 53.6 Å². The van der Waals surface area contributed by atoms with Crippen LogP contribution < -0.4 is 5.32 Å². The summed E-state index contributed by atoms with van der Waals surface area (Å²) in [6.45, 7) is 12.2. The molecule has 2 N–H and O–H groups in total. The van der Waals surface area contributed by atoms with Crippen molar-refractivity contribution in [3.05, 3.63) is 69.7 Å². The van der Waals surface area contributed by atoms with E-state index in [1.54, 1.807) is 29.2 Å². The van der Waals surface area contributed by atoms with Crippen LogP contribution in [-0.4, -0.2) is 54.0 Å². The number of hydrogen-bond donors (Lipinski definition) is 2. The standard InChI is InChI=1S/C30H39ClN2O5/c1-18(2)23-13-8-20(16-24(23)28(36)38-7)26(34)32-25(19(3)4)27(35)33-15-14-30(37,29(5,6)17-33)21-9-11-22(31)12-10-21/h8-13,16,18-19,25,37H,14-15,17H2,1-7H3,(H,32,34)/t25-,30+/m1/s1. The average Bonchev–Trinajstić information content (AvgIpc) is 2.87. The molecule has 2 aromatic carbocycles. The Labute approximate surface area is 230 Å². The molecule has 0 unspecified atom stereocenters. The second kappa shape index (κ2) is 11.5. The van der Waals surface area contributed by atoms with Crippen LogP contribution in [0.4, 0.5) is 0 Å². The molecule has 8 heteroatoms. The first-order chi connectivity index (χ1) is 17.7. The van der Waals surface area contributed by atoms with E-state index in [9.17, 15) is 19.5 Å². The summed E-state index contributed by atoms with van der Waals surface area (Å²) in [5, 5.41) is 15.1. The molecule has 1 aliphatic heterocycles. The van der Waals surface area contributed by atoms with Crippen LogP contribution >= 0.6 is 11.6 Å². The third-order valence-corrected chi connectivity index (χ3v) is 7.90. The van der Waals surface area contributed by atoms with Gasteiger partial charge < -0.3 is 20.1 Å². The Balaban J connectivity index is 1.81. The Morgan fingerprint density at radius 2 is 1.68 bits per heavy atom. The van der Waals surface area contributed by atoms with E-state index >= 15 is 0 Å². The van der Waals surface area contributed by atoms with Crippen molar-refractivity contribution in [1.82, 2.24) is 10.2 Å². The second-order valence-corrected chi connectivity index (χ2v) is 11.8. The van der Waals surface area contributed by atoms with E-state index in [0.717, 1.165) is 11.1 Å². The van der Waals surface area contributed by atoms with Gasteiger partial charge in [0.25, 0.3) is 5.91 Å². The number of likely N-dealkylation sites (tertiary alicyclic amines) is 1. The number of amides is 2. The number of carbonyl (C=O) groups is 3. The maximum atomic E-state index is 13.7. The molecule has 0 saturated carbocycles. The topological polar surface area (TPSA) is 95.9 Å². The van der Waals surface area contributed by atoms with Gasteiger partial charge in [-0.2, -0.15) is 0 Å². The number of piperidine rings is 1. The predicted octanol–water partition coefficient (Wildman–Crippen LogP) is 5.15. The molecule has 0 bridgehead atoms. The fraction of sp³-hybridized carbons (Fsp3) is 0.500. The quantitative estimate of drug-likeness (QED) is 0.472. The number of esters is 1. The Morgan fingerprint density at radius 3 is 2.21 bits per heavy atom. The summed E-state index contributed by atoms with van der Waals surface area (Å²) in [6.07, 6.45) is 0.352. The molecule has 0 radical (unpaired) electrons. The van der Waals surface area contributed by atoms with Crippen molar-refractivity contribution in [2.24, 2.45) is 11.3 Å². The maximum absolute atomic E-state index is 13.7. The van der Waals surface area contributed by atoms with Crippen LogP contribution in [0.25, 0.3) is 0 Å². The smallest absolute Gasteiger partial charge is 0.338 e. The van der Waals surface area contributed by atoms with Gasteiger partial charge >= 0.3 is 5.97 Å². The van der Waals surface area contributed by atoms with Gasteiger partial charge in [0.05, 0.1) is 18.3 Å². The van der Waals surface area contributed by atoms with Crippen molar-refractivity contribution in [3.8, 4) is 0 Å². The number of halogens is 1. The van der Waals surface area contributed by atoms with Crippen molar-refractivity contribution in [2.75, 3.05) is 20.2 Å². The molecule has 7 nitrogen and oxygen atoms in total. The van der Waals surface area contributed by atoms with Crippen molar-refractivity contribution < 1.29 is 24.2 Å². The van der Waals surface area contributed by atoms with Crippen LogP contribution in [0, 0.1) is 11.3 Å². The van der Waals surface area contributed by atoms with Gasteiger partial charge in [0, 0.05) is 29.1 Å². The molecule has 0 aliphatic carbocycles. The molecule has 1 aliphatic rings. The van der Waals surface area contributed by atoms with Gasteiger partial charge in [0.2, 0.25) is 5.91 Å². The van der Waals surface area contributed by atoms with E-state index in [1.807, 2.05) is 53.7 Å². The molecule has 206 valence electrons. The number of nitrogens with one attached hydrogen (secondary N) is 1. The summed E-state index contributed by atoms with van der Waals surface area (Å²) >= 11 is 6.04. The SMILES string of the molecule is COC(=O)c1cc(C(=O)N[C@@H](C(=O)N2CC[C@](O)(c3ccc(Cl)cc3)C(C)(C)C2)C(C)C)ccc1C(C)C. The molecule has 2 aromatic rings. The molecule has 1 saturated heterocycles. The van der Waals surface area contributed by atoms with Gasteiger partial charge in [-0.3, -0.25) is 9.59 Å². The molecule has 2 amide bonds. The van der Waals surface area contributed by atoms with Crippen molar-refractivity contribution in [3.63, 3.8) is 0 Å². The summed E-state index contributed by atoms with van der Waals surface area (Å²) in [5.41, 5.74) is 0.384. The molecule has 1 heterocycles. The number of carbonyl (C=O) groups excluding carboxylic acids is 3. The van der Waals surface area contributed by atoms with E-state index in [0.29, 0.717) is 30.1 Å². The second-order valence-electron chi connectivity index (χ2n) is 11.4. The number of ether oxygens (including phenoxy) is 1. The van der Waals surface area contributed by atoms with Crippen molar-refractivity contribution in [2.45, 2.75) is 65.5 Å². The summed E-state index contributed by atoms with van der Waals surface area (Å²) in [4.78, 5) is 41.0. The van der Waals surface area contributed by atoms with E-state index in [1.165, 1.54) is 13.2 Å². The number of nitrogens with zero attached hydrogens (tertiary/aromatic N) is 1. The van der Waals surface area contributed by atoms with E-state index in [4.69, 9.17) is 16.3 Å². The zero-order valence-corrected chi connectivity index (χ0v) is 24.1. The maximum Gasteiger partial charge on any atom is 0.338 e. The highest BCUT2D eigenvalue weighted by Gasteiger charge is 2.50. The minimum Gasteiger partial charge on any atom is -0.465 e. The lowest BCUT2D eigenvalue weighted by Gasteiger charge is -2.51. The van der Waals surface area contributed by atoms with Gasteiger partial charge in [-0.1, -0.05) is 71.3 Å². The lowest BCUT2D eigenvalue weighted by atomic mass is 9.66. The van der Waals surface area contributed by atoms with Gasteiger partial charge in [-0.25, -0.2) is 4.79 Å². The zero-order valence-electron chi connectivity index (χ0n) is 23.3. The Morgan fingerprint density at radius 1 is 1.05 bits per heavy atom. The number of benzene rings is 2. The third-order valence-electron chi connectivity index (χ3n) is 7.64. The zero-order chi connectivity index (χ0) is 28.4. The number of hydrogen-bond acceptors (Lipinski definition) is 5. The van der Waals surface area contributed by atoms with Crippen molar-refractivity contribution >= 4 is 29.4 Å². The Kier molecular flexibility index (Phi) is 8.94. The van der Waals surface area contributed by atoms with Crippen LogP contribution in [0.15, 0.2) is 42.5 Å².